The van der Waals surface area contributed by atoms with Crippen molar-refractivity contribution in [2.24, 2.45) is 0 Å². The molecular formula is C18H16Br2O7. The molecule has 0 radical (unpaired) electrons. The van der Waals surface area contributed by atoms with E-state index < -0.39 is 28.8 Å². The summed E-state index contributed by atoms with van der Waals surface area (Å²) in [5.74, 6) is -3.96. The summed E-state index contributed by atoms with van der Waals surface area (Å²) in [5.41, 5.74) is -0.213. The highest BCUT2D eigenvalue weighted by molar-refractivity contribution is 9.11. The van der Waals surface area contributed by atoms with Crippen molar-refractivity contribution in [3.63, 3.8) is 0 Å². The SMILES string of the molecule is C.CCc1oc2c(O)c(O)c(O)c(O)c2c1C(=O)c1cc(Br)c(O)c(Br)c1. The van der Waals surface area contributed by atoms with E-state index >= 15 is 0 Å². The summed E-state index contributed by atoms with van der Waals surface area (Å²) in [5, 5.41) is 49.3. The summed E-state index contributed by atoms with van der Waals surface area (Å²) >= 11 is 6.29. The Kier molecular flexibility index (Phi) is 5.67. The summed E-state index contributed by atoms with van der Waals surface area (Å²) in [6.07, 6.45) is 0.247. The van der Waals surface area contributed by atoms with Crippen LogP contribution in [0.25, 0.3) is 11.0 Å². The van der Waals surface area contributed by atoms with E-state index in [1.165, 1.54) is 12.1 Å². The van der Waals surface area contributed by atoms with Crippen molar-refractivity contribution < 1.29 is 34.7 Å². The monoisotopic (exact) mass is 502 g/mol. The standard InChI is InChI=1S/C17H12Br2O7.CH4/c1-2-8-9(11(20)5-3-6(18)12(21)7(19)4-5)10-13(22)14(23)15(24)16(25)17(10)26-8;/h3-4,21-25H,2H2,1H3;1H4. The molecule has 7 nitrogen and oxygen atoms in total. The lowest BCUT2D eigenvalue weighted by molar-refractivity contribution is 0.103. The molecule has 3 aromatic rings. The fraction of sp³-hybridized carbons (Fsp3) is 0.167. The van der Waals surface area contributed by atoms with Gasteiger partial charge in [0.2, 0.25) is 17.2 Å². The molecule has 5 N–H and O–H groups in total. The number of aryl methyl sites for hydroxylation is 1. The van der Waals surface area contributed by atoms with Crippen LogP contribution in [0.2, 0.25) is 0 Å². The molecule has 27 heavy (non-hydrogen) atoms. The van der Waals surface area contributed by atoms with Gasteiger partial charge in [0.1, 0.15) is 11.5 Å². The quantitative estimate of drug-likeness (QED) is 0.195. The van der Waals surface area contributed by atoms with Crippen molar-refractivity contribution in [1.29, 1.82) is 0 Å². The Morgan fingerprint density at radius 1 is 0.926 bits per heavy atom. The average Bonchev–Trinajstić information content (AvgIpc) is 3.01. The molecule has 0 unspecified atom stereocenters. The Hall–Kier alpha value is -2.39. The number of halogens is 2. The highest BCUT2D eigenvalue weighted by Gasteiger charge is 2.30. The zero-order valence-corrected chi connectivity index (χ0v) is 16.3. The van der Waals surface area contributed by atoms with E-state index in [9.17, 15) is 30.3 Å². The third-order valence-corrected chi connectivity index (χ3v) is 5.14. The van der Waals surface area contributed by atoms with Crippen LogP contribution < -0.4 is 0 Å². The van der Waals surface area contributed by atoms with Gasteiger partial charge in [0.05, 0.1) is 19.9 Å². The van der Waals surface area contributed by atoms with Crippen molar-refractivity contribution in [2.75, 3.05) is 0 Å². The number of furan rings is 1. The Morgan fingerprint density at radius 3 is 1.96 bits per heavy atom. The molecular weight excluding hydrogens is 488 g/mol. The minimum atomic E-state index is -0.958. The Labute approximate surface area is 170 Å². The maximum absolute atomic E-state index is 13.1. The third-order valence-electron chi connectivity index (χ3n) is 3.93. The minimum Gasteiger partial charge on any atom is -0.506 e. The molecule has 144 valence electrons. The van der Waals surface area contributed by atoms with Crippen LogP contribution in [-0.2, 0) is 6.42 Å². The van der Waals surface area contributed by atoms with Gasteiger partial charge >= 0.3 is 0 Å². The molecule has 0 saturated carbocycles. The second-order valence-corrected chi connectivity index (χ2v) is 7.18. The Bertz CT molecular complexity index is 1050. The highest BCUT2D eigenvalue weighted by atomic mass is 79.9. The third kappa shape index (κ3) is 3.10. The first kappa shape index (κ1) is 20.9. The predicted octanol–water partition coefficient (Wildman–Crippen LogP) is 4.92. The molecule has 0 aliphatic rings. The van der Waals surface area contributed by atoms with Crippen molar-refractivity contribution in [2.45, 2.75) is 20.8 Å². The number of fused-ring (bicyclic) bond motifs is 1. The molecule has 9 heteroatoms. The Morgan fingerprint density at radius 2 is 1.44 bits per heavy atom. The maximum Gasteiger partial charge on any atom is 0.208 e. The van der Waals surface area contributed by atoms with Gasteiger partial charge < -0.3 is 29.9 Å². The van der Waals surface area contributed by atoms with E-state index in [2.05, 4.69) is 31.9 Å². The van der Waals surface area contributed by atoms with Gasteiger partial charge in [-0.05, 0) is 44.0 Å². The lowest BCUT2D eigenvalue weighted by atomic mass is 9.98. The van der Waals surface area contributed by atoms with Gasteiger partial charge in [-0.3, -0.25) is 4.79 Å². The number of aromatic hydroxyl groups is 5. The van der Waals surface area contributed by atoms with Gasteiger partial charge in [-0.15, -0.1) is 0 Å². The largest absolute Gasteiger partial charge is 0.506 e. The van der Waals surface area contributed by atoms with Gasteiger partial charge in [0, 0.05) is 12.0 Å². The molecule has 2 aromatic carbocycles. The zero-order chi connectivity index (χ0) is 19.3. The van der Waals surface area contributed by atoms with Crippen molar-refractivity contribution >= 4 is 48.6 Å². The normalized spacial score (nSPS) is 10.8. The fourth-order valence-corrected chi connectivity index (χ4v) is 3.84. The molecule has 0 aliphatic heterocycles. The number of benzene rings is 2. The summed E-state index contributed by atoms with van der Waals surface area (Å²) in [4.78, 5) is 13.1. The number of rotatable bonds is 3. The van der Waals surface area contributed by atoms with E-state index in [1.807, 2.05) is 0 Å². The second-order valence-electron chi connectivity index (χ2n) is 5.47. The fourth-order valence-electron chi connectivity index (χ4n) is 2.65. The number of hydrogen-bond acceptors (Lipinski definition) is 7. The molecule has 0 saturated heterocycles. The van der Waals surface area contributed by atoms with E-state index in [4.69, 9.17) is 4.42 Å². The van der Waals surface area contributed by atoms with Gasteiger partial charge in [0.15, 0.2) is 17.1 Å². The first-order valence-corrected chi connectivity index (χ1v) is 8.91. The van der Waals surface area contributed by atoms with Crippen LogP contribution in [0.5, 0.6) is 28.7 Å². The van der Waals surface area contributed by atoms with E-state index in [0.717, 1.165) is 0 Å². The molecule has 0 aliphatic carbocycles. The van der Waals surface area contributed by atoms with Gasteiger partial charge in [-0.1, -0.05) is 14.4 Å². The van der Waals surface area contributed by atoms with Crippen LogP contribution in [0.3, 0.4) is 0 Å². The first-order chi connectivity index (χ1) is 12.2. The summed E-state index contributed by atoms with van der Waals surface area (Å²) in [6, 6.07) is 2.77. The van der Waals surface area contributed by atoms with Crippen molar-refractivity contribution in [3.05, 3.63) is 38.0 Å². The van der Waals surface area contributed by atoms with Crippen molar-refractivity contribution in [3.8, 4) is 28.7 Å². The number of hydrogen-bond donors (Lipinski definition) is 5. The number of ketones is 1. The molecule has 1 heterocycles. The van der Waals surface area contributed by atoms with Gasteiger partial charge in [-0.2, -0.15) is 0 Å². The molecule has 0 atom stereocenters. The molecule has 3 rings (SSSR count). The smallest absolute Gasteiger partial charge is 0.208 e. The zero-order valence-electron chi connectivity index (χ0n) is 13.2. The molecule has 0 fully saturated rings. The van der Waals surface area contributed by atoms with Crippen LogP contribution >= 0.6 is 31.9 Å². The highest BCUT2D eigenvalue weighted by Crippen LogP contribution is 2.51. The summed E-state index contributed by atoms with van der Waals surface area (Å²) < 4.78 is 5.99. The number of phenols is 5. The number of carbonyl (C=O) groups excluding carboxylic acids is 1. The summed E-state index contributed by atoms with van der Waals surface area (Å²) in [7, 11) is 0. The molecule has 0 bridgehead atoms. The van der Waals surface area contributed by atoms with E-state index in [-0.39, 0.29) is 56.4 Å². The molecule has 1 aromatic heterocycles. The average molecular weight is 504 g/mol. The number of carbonyl (C=O) groups is 1. The van der Waals surface area contributed by atoms with Crippen LogP contribution in [0.15, 0.2) is 25.5 Å². The van der Waals surface area contributed by atoms with Crippen LogP contribution in [-0.4, -0.2) is 31.3 Å². The molecule has 0 amide bonds. The minimum absolute atomic E-state index is 0. The van der Waals surface area contributed by atoms with Crippen LogP contribution in [0, 0.1) is 0 Å². The second kappa shape index (κ2) is 7.32. The van der Waals surface area contributed by atoms with Crippen LogP contribution in [0.4, 0.5) is 0 Å². The van der Waals surface area contributed by atoms with E-state index in [0.29, 0.717) is 0 Å². The lowest BCUT2D eigenvalue weighted by Gasteiger charge is -2.08. The lowest BCUT2D eigenvalue weighted by Crippen LogP contribution is -2.04. The Balaban J connectivity index is 0.00000261. The molecule has 0 spiro atoms. The van der Waals surface area contributed by atoms with Gasteiger partial charge in [0.25, 0.3) is 0 Å². The van der Waals surface area contributed by atoms with Gasteiger partial charge in [-0.25, -0.2) is 0 Å². The van der Waals surface area contributed by atoms with Crippen molar-refractivity contribution in [1.82, 2.24) is 0 Å². The predicted molar refractivity (Wildman–Crippen MR) is 106 cm³/mol. The summed E-state index contributed by atoms with van der Waals surface area (Å²) in [6.45, 7) is 1.70. The van der Waals surface area contributed by atoms with Crippen LogP contribution in [0.1, 0.15) is 36.0 Å². The topological polar surface area (TPSA) is 131 Å². The van der Waals surface area contributed by atoms with E-state index in [1.54, 1.807) is 6.92 Å². The number of phenolic OH excluding ortho intramolecular Hbond substituents is 5. The first-order valence-electron chi connectivity index (χ1n) is 7.32. The maximum atomic E-state index is 13.1.